The monoisotopic (exact) mass is 429 g/mol. The third kappa shape index (κ3) is 2.28. The number of hydrogen-bond acceptors (Lipinski definition) is 5. The Bertz CT molecular complexity index is 1170. The number of phenols is 1. The Kier molecular flexibility index (Phi) is 3.68. The van der Waals surface area contributed by atoms with Crippen molar-refractivity contribution in [2.75, 3.05) is 13.1 Å². The second kappa shape index (κ2) is 6.24. The number of likely N-dealkylation sites (tertiary alicyclic amines) is 1. The van der Waals surface area contributed by atoms with Gasteiger partial charge in [0.2, 0.25) is 0 Å². The number of carbonyl (C=O) groups excluding carboxylic acids is 1. The van der Waals surface area contributed by atoms with Crippen molar-refractivity contribution in [1.82, 2.24) is 4.90 Å². The summed E-state index contributed by atoms with van der Waals surface area (Å²) in [6.45, 7) is 1.86. The zero-order chi connectivity index (χ0) is 21.7. The van der Waals surface area contributed by atoms with Gasteiger partial charge in [-0.1, -0.05) is 36.4 Å². The maximum Gasteiger partial charge on any atom is 0.200 e. The topological polar surface area (TPSA) is 70.0 Å². The van der Waals surface area contributed by atoms with Crippen LogP contribution in [0.2, 0.25) is 0 Å². The molecule has 5 aliphatic rings. The summed E-state index contributed by atoms with van der Waals surface area (Å²) in [5, 5.41) is 23.2. The van der Waals surface area contributed by atoms with Crippen LogP contribution >= 0.6 is 0 Å². The van der Waals surface area contributed by atoms with E-state index in [-0.39, 0.29) is 17.6 Å². The van der Waals surface area contributed by atoms with Crippen molar-refractivity contribution in [3.63, 3.8) is 0 Å². The minimum atomic E-state index is -1.11. The first-order valence-corrected chi connectivity index (χ1v) is 11.8. The van der Waals surface area contributed by atoms with Gasteiger partial charge in [0, 0.05) is 30.1 Å². The Morgan fingerprint density at radius 3 is 2.75 bits per heavy atom. The van der Waals surface area contributed by atoms with Crippen molar-refractivity contribution in [3.8, 4) is 11.5 Å². The summed E-state index contributed by atoms with van der Waals surface area (Å²) in [6.07, 6.45) is 5.37. The second-order valence-electron chi connectivity index (χ2n) is 10.4. The van der Waals surface area contributed by atoms with Crippen molar-refractivity contribution in [1.29, 1.82) is 0 Å². The Balaban J connectivity index is 1.42. The Morgan fingerprint density at radius 2 is 1.97 bits per heavy atom. The second-order valence-corrected chi connectivity index (χ2v) is 10.4. The predicted octanol–water partition coefficient (Wildman–Crippen LogP) is 3.22. The summed E-state index contributed by atoms with van der Waals surface area (Å²) in [5.74, 6) is 1.14. The molecule has 1 saturated heterocycles. The van der Waals surface area contributed by atoms with E-state index < -0.39 is 17.1 Å². The molecule has 5 nitrogen and oxygen atoms in total. The fourth-order valence-electron chi connectivity index (χ4n) is 7.06. The molecule has 3 aliphatic carbocycles. The van der Waals surface area contributed by atoms with Gasteiger partial charge in [-0.3, -0.25) is 9.69 Å². The fraction of sp³-hybridized carbons (Fsp3) is 0.444. The summed E-state index contributed by atoms with van der Waals surface area (Å²) in [7, 11) is 0. The van der Waals surface area contributed by atoms with E-state index in [4.69, 9.17) is 4.74 Å². The molecule has 32 heavy (non-hydrogen) atoms. The average molecular weight is 430 g/mol. The standard InChI is InChI=1S/C27H27NO4/c29-20-9-8-18-13-21-27(31)14-19(12-16-4-2-1-3-5-16)23(30)25-26(27,22(18)24(20)32-25)10-11-28(21)15-17-6-7-17/h1-5,8-9,12,17,21,25,29,31H,6-7,10-11,13-15H2/b19-12-/t21-,25+,26?,27-/m1/s1. The molecule has 164 valence electrons. The summed E-state index contributed by atoms with van der Waals surface area (Å²) < 4.78 is 6.26. The lowest BCUT2D eigenvalue weighted by Crippen LogP contribution is -2.77. The van der Waals surface area contributed by atoms with E-state index in [1.54, 1.807) is 6.07 Å². The molecule has 4 atom stereocenters. The smallest absolute Gasteiger partial charge is 0.200 e. The van der Waals surface area contributed by atoms with Gasteiger partial charge >= 0.3 is 0 Å². The molecule has 2 saturated carbocycles. The zero-order valence-corrected chi connectivity index (χ0v) is 18.0. The predicted molar refractivity (Wildman–Crippen MR) is 120 cm³/mol. The molecule has 2 heterocycles. The lowest BCUT2D eigenvalue weighted by molar-refractivity contribution is -0.179. The molecule has 1 spiro atoms. The van der Waals surface area contributed by atoms with Gasteiger partial charge in [-0.05, 0) is 61.4 Å². The highest BCUT2D eigenvalue weighted by atomic mass is 16.5. The van der Waals surface area contributed by atoms with Crippen LogP contribution in [-0.2, 0) is 16.6 Å². The number of nitrogens with zero attached hydrogens (tertiary/aromatic N) is 1. The van der Waals surface area contributed by atoms with Crippen LogP contribution in [0.3, 0.4) is 0 Å². The summed E-state index contributed by atoms with van der Waals surface area (Å²) in [6, 6.07) is 13.4. The highest BCUT2D eigenvalue weighted by molar-refractivity contribution is 6.06. The molecule has 2 aromatic carbocycles. The maximum atomic E-state index is 13.8. The van der Waals surface area contributed by atoms with Crippen LogP contribution < -0.4 is 4.74 Å². The van der Waals surface area contributed by atoms with E-state index in [0.29, 0.717) is 24.2 Å². The molecule has 2 bridgehead atoms. The van der Waals surface area contributed by atoms with Crippen LogP contribution in [0, 0.1) is 5.92 Å². The maximum absolute atomic E-state index is 13.8. The van der Waals surface area contributed by atoms with E-state index in [9.17, 15) is 15.0 Å². The number of Topliss-reactive ketones (excluding diaryl/α,β-unsaturated/α-hetero) is 1. The number of aliphatic hydroxyl groups is 1. The van der Waals surface area contributed by atoms with Gasteiger partial charge in [-0.15, -0.1) is 0 Å². The molecule has 3 fully saturated rings. The van der Waals surface area contributed by atoms with E-state index in [1.807, 2.05) is 42.5 Å². The average Bonchev–Trinajstić information content (AvgIpc) is 3.52. The van der Waals surface area contributed by atoms with Crippen molar-refractivity contribution in [2.45, 2.75) is 55.3 Å². The van der Waals surface area contributed by atoms with Crippen molar-refractivity contribution >= 4 is 11.9 Å². The molecular formula is C27H27NO4. The highest BCUT2D eigenvalue weighted by Gasteiger charge is 2.74. The van der Waals surface area contributed by atoms with Gasteiger partial charge in [0.15, 0.2) is 23.4 Å². The van der Waals surface area contributed by atoms with Gasteiger partial charge < -0.3 is 14.9 Å². The molecule has 0 amide bonds. The van der Waals surface area contributed by atoms with Gasteiger partial charge in [0.05, 0.1) is 11.0 Å². The number of hydrogen-bond donors (Lipinski definition) is 2. The molecule has 0 aromatic heterocycles. The molecule has 2 aliphatic heterocycles. The van der Waals surface area contributed by atoms with Crippen molar-refractivity contribution in [2.24, 2.45) is 5.92 Å². The van der Waals surface area contributed by atoms with E-state index in [1.165, 1.54) is 12.8 Å². The SMILES string of the molecule is O=C1/C(=C\c2ccccc2)C[C@@]2(O)[C@H]3Cc4ccc(O)c5c4C2(CCN3CC2CC2)[C@H]1O5. The van der Waals surface area contributed by atoms with Crippen LogP contribution in [-0.4, -0.2) is 51.7 Å². The third-order valence-electron chi connectivity index (χ3n) is 8.67. The van der Waals surface area contributed by atoms with Crippen LogP contribution in [0.15, 0.2) is 48.0 Å². The normalized spacial score (nSPS) is 36.2. The number of benzene rings is 2. The number of ether oxygens (including phenoxy) is 1. The molecule has 2 N–H and O–H groups in total. The summed E-state index contributed by atoms with van der Waals surface area (Å²) in [4.78, 5) is 16.3. The lowest BCUT2D eigenvalue weighted by atomic mass is 9.48. The fourth-order valence-corrected chi connectivity index (χ4v) is 7.06. The zero-order valence-electron chi connectivity index (χ0n) is 18.0. The number of phenolic OH excluding ortho intramolecular Hbond substituents is 1. The van der Waals surface area contributed by atoms with E-state index >= 15 is 0 Å². The van der Waals surface area contributed by atoms with Crippen LogP contribution in [0.5, 0.6) is 11.5 Å². The summed E-state index contributed by atoms with van der Waals surface area (Å²) >= 11 is 0. The van der Waals surface area contributed by atoms with Crippen LogP contribution in [0.1, 0.15) is 42.4 Å². The minimum absolute atomic E-state index is 0.0572. The van der Waals surface area contributed by atoms with Crippen LogP contribution in [0.25, 0.3) is 6.08 Å². The van der Waals surface area contributed by atoms with Gasteiger partial charge in [-0.2, -0.15) is 0 Å². The number of carbonyl (C=O) groups is 1. The first-order chi connectivity index (χ1) is 15.5. The molecular weight excluding hydrogens is 402 g/mol. The molecule has 1 unspecified atom stereocenters. The van der Waals surface area contributed by atoms with Crippen molar-refractivity contribution < 1.29 is 19.7 Å². The Morgan fingerprint density at radius 1 is 1.16 bits per heavy atom. The number of piperidine rings is 1. The summed E-state index contributed by atoms with van der Waals surface area (Å²) in [5.41, 5.74) is 1.67. The lowest BCUT2D eigenvalue weighted by Gasteiger charge is -2.62. The van der Waals surface area contributed by atoms with E-state index in [0.717, 1.165) is 42.1 Å². The Hall–Kier alpha value is -2.63. The number of aromatic hydroxyl groups is 1. The van der Waals surface area contributed by atoms with Gasteiger partial charge in [0.1, 0.15) is 0 Å². The van der Waals surface area contributed by atoms with Crippen molar-refractivity contribution in [3.05, 3.63) is 64.7 Å². The van der Waals surface area contributed by atoms with Gasteiger partial charge in [0.25, 0.3) is 0 Å². The first-order valence-electron chi connectivity index (χ1n) is 11.8. The molecule has 5 heteroatoms. The molecule has 7 rings (SSSR count). The highest BCUT2D eigenvalue weighted by Crippen LogP contribution is 2.65. The van der Waals surface area contributed by atoms with Gasteiger partial charge in [-0.25, -0.2) is 0 Å². The third-order valence-corrected chi connectivity index (χ3v) is 8.67. The number of ketones is 1. The van der Waals surface area contributed by atoms with Crippen LogP contribution in [0.4, 0.5) is 0 Å². The quantitative estimate of drug-likeness (QED) is 0.734. The molecule has 2 aromatic rings. The Labute approximate surface area is 187 Å². The molecule has 0 radical (unpaired) electrons. The minimum Gasteiger partial charge on any atom is -0.504 e. The number of rotatable bonds is 3. The van der Waals surface area contributed by atoms with E-state index in [2.05, 4.69) is 4.90 Å². The largest absolute Gasteiger partial charge is 0.504 e. The first kappa shape index (κ1) is 18.9.